The van der Waals surface area contributed by atoms with Gasteiger partial charge in [-0.1, -0.05) is 13.3 Å². The molecule has 6 heteroatoms. The van der Waals surface area contributed by atoms with Gasteiger partial charge in [-0.2, -0.15) is 4.40 Å². The van der Waals surface area contributed by atoms with E-state index in [1.165, 1.54) is 19.1 Å². The van der Waals surface area contributed by atoms with Crippen molar-refractivity contribution in [3.63, 3.8) is 0 Å². The van der Waals surface area contributed by atoms with Gasteiger partial charge in [0.15, 0.2) is 0 Å². The highest BCUT2D eigenvalue weighted by atomic mass is 32.2. The predicted molar refractivity (Wildman–Crippen MR) is 83.7 cm³/mol. The molecule has 0 atom stereocenters. The minimum atomic E-state index is -0.311. The molecular formula is C14H20FN3OS. The zero-order valence-electron chi connectivity index (χ0n) is 11.7. The monoisotopic (exact) mass is 297 g/mol. The highest BCUT2D eigenvalue weighted by molar-refractivity contribution is 7.98. The van der Waals surface area contributed by atoms with Crippen LogP contribution in [0.3, 0.4) is 0 Å². The molecule has 0 aliphatic rings. The summed E-state index contributed by atoms with van der Waals surface area (Å²) in [5.41, 5.74) is 6.05. The zero-order chi connectivity index (χ0) is 15.0. The van der Waals surface area contributed by atoms with Gasteiger partial charge in [-0.15, -0.1) is 0 Å². The van der Waals surface area contributed by atoms with E-state index in [1.54, 1.807) is 12.1 Å². The van der Waals surface area contributed by atoms with Crippen molar-refractivity contribution < 1.29 is 9.50 Å². The maximum absolute atomic E-state index is 13.8. The Morgan fingerprint density at radius 1 is 1.55 bits per heavy atom. The molecule has 0 aliphatic carbocycles. The Balaban J connectivity index is 2.65. The van der Waals surface area contributed by atoms with Gasteiger partial charge in [0.2, 0.25) is 0 Å². The van der Waals surface area contributed by atoms with Crippen LogP contribution in [0.4, 0.5) is 10.1 Å². The molecule has 0 aromatic heterocycles. The minimum absolute atomic E-state index is 0.0773. The maximum atomic E-state index is 13.8. The van der Waals surface area contributed by atoms with Gasteiger partial charge in [-0.25, -0.2) is 4.39 Å². The third kappa shape index (κ3) is 5.97. The van der Waals surface area contributed by atoms with Crippen LogP contribution in [0.15, 0.2) is 39.3 Å². The number of allylic oxidation sites excluding steroid dienone is 1. The van der Waals surface area contributed by atoms with Gasteiger partial charge >= 0.3 is 0 Å². The second-order valence-corrected chi connectivity index (χ2v) is 5.15. The van der Waals surface area contributed by atoms with Gasteiger partial charge in [0.25, 0.3) is 0 Å². The van der Waals surface area contributed by atoms with Gasteiger partial charge in [-0.3, -0.25) is 0 Å². The van der Waals surface area contributed by atoms with E-state index >= 15 is 0 Å². The van der Waals surface area contributed by atoms with E-state index < -0.39 is 0 Å². The number of amidine groups is 1. The molecule has 110 valence electrons. The van der Waals surface area contributed by atoms with Crippen LogP contribution in [0, 0.1) is 5.82 Å². The molecule has 1 aromatic carbocycles. The van der Waals surface area contributed by atoms with Gasteiger partial charge in [0.1, 0.15) is 11.7 Å². The highest BCUT2D eigenvalue weighted by Gasteiger charge is 2.03. The molecule has 1 rings (SSSR count). The fourth-order valence-corrected chi connectivity index (χ4v) is 1.99. The molecule has 1 aromatic rings. The molecule has 0 radical (unpaired) electrons. The number of nitrogens with two attached hydrogens (primary N) is 1. The molecule has 0 aliphatic heterocycles. The lowest BCUT2D eigenvalue weighted by molar-refractivity contribution is 0.415. The Morgan fingerprint density at radius 2 is 2.30 bits per heavy atom. The lowest BCUT2D eigenvalue weighted by atomic mass is 10.3. The molecule has 0 unspecified atom stereocenters. The molecule has 0 saturated heterocycles. The molecule has 4 nitrogen and oxygen atoms in total. The summed E-state index contributed by atoms with van der Waals surface area (Å²) in [4.78, 5) is 0.649. The van der Waals surface area contributed by atoms with Crippen LogP contribution in [0.5, 0.6) is 0 Å². The smallest absolute Gasteiger partial charge is 0.147 e. The predicted octanol–water partition coefficient (Wildman–Crippen LogP) is 3.86. The molecule has 0 saturated carbocycles. The second-order valence-electron chi connectivity index (χ2n) is 4.32. The molecule has 4 N–H and O–H groups in total. The summed E-state index contributed by atoms with van der Waals surface area (Å²) in [6.45, 7) is 4.35. The fourth-order valence-electron chi connectivity index (χ4n) is 1.44. The van der Waals surface area contributed by atoms with Crippen LogP contribution in [0.2, 0.25) is 0 Å². The molecule has 0 fully saturated rings. The average molecular weight is 297 g/mol. The molecule has 0 spiro atoms. The lowest BCUT2D eigenvalue weighted by Gasteiger charge is -2.07. The van der Waals surface area contributed by atoms with Gasteiger partial charge in [-0.05, 0) is 31.5 Å². The van der Waals surface area contributed by atoms with Crippen LogP contribution in [-0.2, 0) is 0 Å². The normalized spacial score (nSPS) is 12.6. The molecule has 0 bridgehead atoms. The van der Waals surface area contributed by atoms with Crippen molar-refractivity contribution in [2.24, 2.45) is 10.1 Å². The first kappa shape index (κ1) is 16.4. The van der Waals surface area contributed by atoms with Crippen molar-refractivity contribution in [1.29, 1.82) is 0 Å². The number of unbranched alkanes of at least 4 members (excludes halogenated alkanes) is 1. The van der Waals surface area contributed by atoms with E-state index in [2.05, 4.69) is 16.6 Å². The molecule has 20 heavy (non-hydrogen) atoms. The van der Waals surface area contributed by atoms with Crippen molar-refractivity contribution in [1.82, 2.24) is 0 Å². The Bertz CT molecular complexity index is 499. The first-order valence-electron chi connectivity index (χ1n) is 6.44. The first-order valence-corrected chi connectivity index (χ1v) is 7.21. The van der Waals surface area contributed by atoms with Gasteiger partial charge in [0.05, 0.1) is 11.4 Å². The number of benzene rings is 1. The second kappa shape index (κ2) is 8.47. The van der Waals surface area contributed by atoms with Crippen molar-refractivity contribution in [2.75, 3.05) is 11.9 Å². The minimum Gasteiger partial charge on any atom is -0.512 e. The summed E-state index contributed by atoms with van der Waals surface area (Å²) in [5.74, 6) is -0.0530. The SMILES string of the molecule is CCCCNc1ccc(S/N=C(N)\C=C(\C)O)cc1F. The maximum Gasteiger partial charge on any atom is 0.147 e. The molecule has 0 amide bonds. The summed E-state index contributed by atoms with van der Waals surface area (Å²) in [7, 11) is 0. The highest BCUT2D eigenvalue weighted by Crippen LogP contribution is 2.24. The number of rotatable bonds is 7. The third-order valence-corrected chi connectivity index (χ3v) is 3.17. The van der Waals surface area contributed by atoms with E-state index in [4.69, 9.17) is 10.8 Å². The van der Waals surface area contributed by atoms with E-state index in [-0.39, 0.29) is 17.4 Å². The number of aliphatic hydroxyl groups is 1. The summed E-state index contributed by atoms with van der Waals surface area (Å²) in [5, 5.41) is 12.1. The van der Waals surface area contributed by atoms with E-state index in [1.807, 2.05) is 0 Å². The summed E-state index contributed by atoms with van der Waals surface area (Å²) in [6, 6.07) is 4.87. The summed E-state index contributed by atoms with van der Waals surface area (Å²) < 4.78 is 17.8. The lowest BCUT2D eigenvalue weighted by Crippen LogP contribution is -2.07. The van der Waals surface area contributed by atoms with Crippen molar-refractivity contribution in [2.45, 2.75) is 31.6 Å². The number of hydrogen-bond donors (Lipinski definition) is 3. The molecule has 0 heterocycles. The number of hydrogen-bond acceptors (Lipinski definition) is 4. The van der Waals surface area contributed by atoms with Crippen LogP contribution >= 0.6 is 11.9 Å². The Hall–Kier alpha value is -1.69. The summed E-state index contributed by atoms with van der Waals surface area (Å²) >= 11 is 1.06. The van der Waals surface area contributed by atoms with E-state index in [0.29, 0.717) is 10.6 Å². The summed E-state index contributed by atoms with van der Waals surface area (Å²) in [6.07, 6.45) is 3.40. The van der Waals surface area contributed by atoms with Crippen LogP contribution in [0.25, 0.3) is 0 Å². The first-order chi connectivity index (χ1) is 9.52. The Labute approximate surface area is 123 Å². The van der Waals surface area contributed by atoms with Crippen LogP contribution in [0.1, 0.15) is 26.7 Å². The standard InChI is InChI=1S/C14H20FN3OS/c1-3-4-7-17-13-6-5-11(9-12(13)15)20-18-14(16)8-10(2)19/h5-6,8-9,17,19H,3-4,7H2,1-2H3,(H2,16,18)/b10-8-. The average Bonchev–Trinajstić information content (AvgIpc) is 2.38. The zero-order valence-corrected chi connectivity index (χ0v) is 12.5. The largest absolute Gasteiger partial charge is 0.512 e. The third-order valence-electron chi connectivity index (χ3n) is 2.40. The molecular weight excluding hydrogens is 277 g/mol. The topological polar surface area (TPSA) is 70.6 Å². The number of anilines is 1. The van der Waals surface area contributed by atoms with E-state index in [9.17, 15) is 4.39 Å². The number of aliphatic hydroxyl groups excluding tert-OH is 1. The van der Waals surface area contributed by atoms with Crippen molar-refractivity contribution in [3.05, 3.63) is 35.9 Å². The number of halogens is 1. The van der Waals surface area contributed by atoms with Crippen LogP contribution in [-0.4, -0.2) is 17.5 Å². The number of nitrogens with zero attached hydrogens (tertiary/aromatic N) is 1. The van der Waals surface area contributed by atoms with Crippen molar-refractivity contribution >= 4 is 23.5 Å². The quantitative estimate of drug-likeness (QED) is 0.235. The number of nitrogens with one attached hydrogen (secondary N) is 1. The van der Waals surface area contributed by atoms with Crippen molar-refractivity contribution in [3.8, 4) is 0 Å². The van der Waals surface area contributed by atoms with E-state index in [0.717, 1.165) is 31.3 Å². The Kier molecular flexibility index (Phi) is 6.93. The van der Waals surface area contributed by atoms with Gasteiger partial charge in [0, 0.05) is 29.5 Å². The fraction of sp³-hybridized carbons (Fsp3) is 0.357. The van der Waals surface area contributed by atoms with Crippen LogP contribution < -0.4 is 11.1 Å². The van der Waals surface area contributed by atoms with Gasteiger partial charge < -0.3 is 16.2 Å². The Morgan fingerprint density at radius 3 is 2.90 bits per heavy atom.